The molecule has 1 aromatic heterocycles. The molecule has 0 fully saturated rings. The van der Waals surface area contributed by atoms with E-state index in [0.717, 1.165) is 35.2 Å². The molecule has 0 radical (unpaired) electrons. The second kappa shape index (κ2) is 6.45. The Hall–Kier alpha value is -1.72. The Bertz CT molecular complexity index is 586. The van der Waals surface area contributed by atoms with E-state index in [1.807, 2.05) is 30.3 Å². The number of hydrogen-bond acceptors (Lipinski definition) is 4. The van der Waals surface area contributed by atoms with Crippen LogP contribution in [0.3, 0.4) is 0 Å². The minimum atomic E-state index is 0.354. The molecule has 2 aromatic rings. The van der Waals surface area contributed by atoms with Gasteiger partial charge in [0.05, 0.1) is 11.1 Å². The molecule has 0 spiro atoms. The number of fused-ring (bicyclic) bond motifs is 1. The smallest absolute Gasteiger partial charge is 0.136 e. The van der Waals surface area contributed by atoms with Crippen LogP contribution in [0.15, 0.2) is 30.3 Å². The highest BCUT2D eigenvalue weighted by molar-refractivity contribution is 7.80. The van der Waals surface area contributed by atoms with Crippen LogP contribution in [0, 0.1) is 0 Å². The zero-order valence-electron chi connectivity index (χ0n) is 10.8. The SMILES string of the molecule is COCCCNc1nc2ccccc2cc1C(N)=S. The number of aromatic nitrogens is 1. The average Bonchev–Trinajstić information content (AvgIpc) is 2.42. The molecular formula is C14H17N3OS. The van der Waals surface area contributed by atoms with Crippen LogP contribution in [0.4, 0.5) is 5.82 Å². The molecule has 100 valence electrons. The summed E-state index contributed by atoms with van der Waals surface area (Å²) in [6, 6.07) is 9.88. The van der Waals surface area contributed by atoms with Gasteiger partial charge in [-0.25, -0.2) is 4.98 Å². The number of benzene rings is 1. The lowest BCUT2D eigenvalue weighted by atomic mass is 10.1. The third kappa shape index (κ3) is 3.39. The molecule has 0 saturated heterocycles. The maximum absolute atomic E-state index is 5.76. The van der Waals surface area contributed by atoms with Gasteiger partial charge in [0.15, 0.2) is 0 Å². The molecule has 0 aliphatic heterocycles. The van der Waals surface area contributed by atoms with Crippen LogP contribution in [0.5, 0.6) is 0 Å². The van der Waals surface area contributed by atoms with Crippen molar-refractivity contribution in [2.24, 2.45) is 5.73 Å². The van der Waals surface area contributed by atoms with E-state index in [1.165, 1.54) is 0 Å². The Balaban J connectivity index is 2.28. The summed E-state index contributed by atoms with van der Waals surface area (Å²) < 4.78 is 5.02. The molecule has 5 heteroatoms. The van der Waals surface area contributed by atoms with E-state index in [9.17, 15) is 0 Å². The Morgan fingerprint density at radius 3 is 2.95 bits per heavy atom. The molecular weight excluding hydrogens is 258 g/mol. The first kappa shape index (κ1) is 13.7. The average molecular weight is 275 g/mol. The third-order valence-electron chi connectivity index (χ3n) is 2.81. The molecule has 2 rings (SSSR count). The number of nitrogens with two attached hydrogens (primary N) is 1. The lowest BCUT2D eigenvalue weighted by molar-refractivity contribution is 0.198. The lowest BCUT2D eigenvalue weighted by Crippen LogP contribution is -2.15. The van der Waals surface area contributed by atoms with E-state index in [2.05, 4.69) is 10.3 Å². The first-order valence-corrected chi connectivity index (χ1v) is 6.55. The van der Waals surface area contributed by atoms with Crippen LogP contribution in [0.25, 0.3) is 10.9 Å². The molecule has 0 saturated carbocycles. The van der Waals surface area contributed by atoms with Crippen molar-refractivity contribution in [3.63, 3.8) is 0 Å². The number of methoxy groups -OCH3 is 1. The number of ether oxygens (including phenoxy) is 1. The molecule has 0 atom stereocenters. The quantitative estimate of drug-likeness (QED) is 0.626. The molecule has 0 aliphatic carbocycles. The first-order valence-electron chi connectivity index (χ1n) is 6.15. The number of thiocarbonyl (C=S) groups is 1. The maximum atomic E-state index is 5.76. The number of hydrogen-bond donors (Lipinski definition) is 2. The number of nitrogens with one attached hydrogen (secondary N) is 1. The molecule has 3 N–H and O–H groups in total. The predicted octanol–water partition coefficient (Wildman–Crippen LogP) is 2.32. The zero-order valence-corrected chi connectivity index (χ0v) is 11.7. The minimum absolute atomic E-state index is 0.354. The van der Waals surface area contributed by atoms with E-state index in [-0.39, 0.29) is 0 Å². The molecule has 19 heavy (non-hydrogen) atoms. The summed E-state index contributed by atoms with van der Waals surface area (Å²) >= 11 is 5.09. The van der Waals surface area contributed by atoms with Crippen LogP contribution >= 0.6 is 12.2 Å². The van der Waals surface area contributed by atoms with Gasteiger partial charge in [-0.15, -0.1) is 0 Å². The van der Waals surface area contributed by atoms with Gasteiger partial charge in [0, 0.05) is 25.6 Å². The third-order valence-corrected chi connectivity index (χ3v) is 3.03. The highest BCUT2D eigenvalue weighted by Gasteiger charge is 2.08. The van der Waals surface area contributed by atoms with Gasteiger partial charge in [0.25, 0.3) is 0 Å². The van der Waals surface area contributed by atoms with Crippen molar-refractivity contribution in [2.45, 2.75) is 6.42 Å². The molecule has 4 nitrogen and oxygen atoms in total. The Labute approximate surface area is 118 Å². The van der Waals surface area contributed by atoms with Gasteiger partial charge >= 0.3 is 0 Å². The fourth-order valence-corrected chi connectivity index (χ4v) is 2.02. The van der Waals surface area contributed by atoms with Crippen molar-refractivity contribution in [3.05, 3.63) is 35.9 Å². The maximum Gasteiger partial charge on any atom is 0.136 e. The van der Waals surface area contributed by atoms with Gasteiger partial charge in [-0.3, -0.25) is 0 Å². The minimum Gasteiger partial charge on any atom is -0.389 e. The van der Waals surface area contributed by atoms with Gasteiger partial charge in [-0.1, -0.05) is 30.4 Å². The van der Waals surface area contributed by atoms with E-state index in [1.54, 1.807) is 7.11 Å². The summed E-state index contributed by atoms with van der Waals surface area (Å²) in [5.41, 5.74) is 7.47. The van der Waals surface area contributed by atoms with Gasteiger partial charge in [-0.2, -0.15) is 0 Å². The number of para-hydroxylation sites is 1. The van der Waals surface area contributed by atoms with Gasteiger partial charge in [0.1, 0.15) is 10.8 Å². The van der Waals surface area contributed by atoms with Crippen LogP contribution in [0.2, 0.25) is 0 Å². The van der Waals surface area contributed by atoms with Crippen molar-refractivity contribution in [1.29, 1.82) is 0 Å². The van der Waals surface area contributed by atoms with E-state index >= 15 is 0 Å². The Morgan fingerprint density at radius 1 is 1.42 bits per heavy atom. The van der Waals surface area contributed by atoms with Crippen LogP contribution < -0.4 is 11.1 Å². The molecule has 1 heterocycles. The van der Waals surface area contributed by atoms with Crippen molar-refractivity contribution in [3.8, 4) is 0 Å². The van der Waals surface area contributed by atoms with Crippen LogP contribution in [-0.2, 0) is 4.74 Å². The molecule has 1 aromatic carbocycles. The molecule has 0 bridgehead atoms. The van der Waals surface area contributed by atoms with E-state index in [0.29, 0.717) is 11.6 Å². The highest BCUT2D eigenvalue weighted by Crippen LogP contribution is 2.20. The van der Waals surface area contributed by atoms with Gasteiger partial charge in [0.2, 0.25) is 0 Å². The van der Waals surface area contributed by atoms with Crippen LogP contribution in [0.1, 0.15) is 12.0 Å². The summed E-state index contributed by atoms with van der Waals surface area (Å²) in [5, 5.41) is 4.30. The number of anilines is 1. The summed E-state index contributed by atoms with van der Waals surface area (Å²) in [6.07, 6.45) is 0.905. The lowest BCUT2D eigenvalue weighted by Gasteiger charge is -2.11. The van der Waals surface area contributed by atoms with E-state index in [4.69, 9.17) is 22.7 Å². The first-order chi connectivity index (χ1) is 9.22. The van der Waals surface area contributed by atoms with Crippen molar-refractivity contribution in [1.82, 2.24) is 4.98 Å². The van der Waals surface area contributed by atoms with Crippen LogP contribution in [-0.4, -0.2) is 30.2 Å². The highest BCUT2D eigenvalue weighted by atomic mass is 32.1. The second-order valence-electron chi connectivity index (χ2n) is 4.21. The second-order valence-corrected chi connectivity index (χ2v) is 4.65. The molecule has 0 unspecified atom stereocenters. The summed E-state index contributed by atoms with van der Waals surface area (Å²) in [6.45, 7) is 1.48. The number of pyridine rings is 1. The Morgan fingerprint density at radius 2 is 2.21 bits per heavy atom. The van der Waals surface area contributed by atoms with Gasteiger partial charge < -0.3 is 15.8 Å². The van der Waals surface area contributed by atoms with E-state index < -0.39 is 0 Å². The number of nitrogens with zero attached hydrogens (tertiary/aromatic N) is 1. The molecule has 0 amide bonds. The summed E-state index contributed by atoms with van der Waals surface area (Å²) in [4.78, 5) is 4.93. The van der Waals surface area contributed by atoms with Crippen molar-refractivity contribution >= 4 is 33.9 Å². The normalized spacial score (nSPS) is 10.6. The molecule has 0 aliphatic rings. The fourth-order valence-electron chi connectivity index (χ4n) is 1.86. The zero-order chi connectivity index (χ0) is 13.7. The van der Waals surface area contributed by atoms with Crippen molar-refractivity contribution in [2.75, 3.05) is 25.6 Å². The standard InChI is InChI=1S/C14H17N3OS/c1-18-8-4-7-16-14-11(13(15)19)9-10-5-2-3-6-12(10)17-14/h2-3,5-6,9H,4,7-8H2,1H3,(H2,15,19)(H,16,17). The monoisotopic (exact) mass is 275 g/mol. The summed E-state index contributed by atoms with van der Waals surface area (Å²) in [7, 11) is 1.69. The number of rotatable bonds is 6. The van der Waals surface area contributed by atoms with Gasteiger partial charge in [-0.05, 0) is 18.6 Å². The Kier molecular flexibility index (Phi) is 4.65. The fraction of sp³-hybridized carbons (Fsp3) is 0.286. The van der Waals surface area contributed by atoms with Crippen molar-refractivity contribution < 1.29 is 4.74 Å². The predicted molar refractivity (Wildman–Crippen MR) is 82.6 cm³/mol. The topological polar surface area (TPSA) is 60.2 Å². The largest absolute Gasteiger partial charge is 0.389 e. The summed E-state index contributed by atoms with van der Waals surface area (Å²) in [5.74, 6) is 0.738.